The molecule has 2 aliphatic heterocycles. The van der Waals surface area contributed by atoms with Gasteiger partial charge in [0, 0.05) is 19.1 Å². The van der Waals surface area contributed by atoms with Crippen LogP contribution in [0.2, 0.25) is 0 Å². The molecule has 0 aromatic carbocycles. The first-order chi connectivity index (χ1) is 9.24. The van der Waals surface area contributed by atoms with Crippen molar-refractivity contribution in [2.45, 2.75) is 25.3 Å². The Balaban J connectivity index is 0.00000110. The molecule has 1 amide bonds. The fourth-order valence-electron chi connectivity index (χ4n) is 3.06. The van der Waals surface area contributed by atoms with E-state index in [0.29, 0.717) is 17.6 Å². The Hall–Kier alpha value is -1.04. The normalized spacial score (nSPS) is 21.7. The molecule has 0 spiro atoms. The van der Waals surface area contributed by atoms with Crippen LogP contribution in [0.1, 0.15) is 29.8 Å². The number of hydrogen-bond acceptors (Lipinski definition) is 4. The number of halogens is 2. The van der Waals surface area contributed by atoms with E-state index in [4.69, 9.17) is 5.73 Å². The lowest BCUT2D eigenvalue weighted by Crippen LogP contribution is -2.37. The number of amides is 1. The minimum Gasteiger partial charge on any atom is -0.384 e. The number of anilines is 1. The van der Waals surface area contributed by atoms with Crippen molar-refractivity contribution >= 4 is 36.5 Å². The number of likely N-dealkylation sites (tertiary alicyclic amines) is 2. The van der Waals surface area contributed by atoms with Crippen LogP contribution in [0.5, 0.6) is 0 Å². The molecule has 5 nitrogen and oxygen atoms in total. The molecule has 0 saturated carbocycles. The van der Waals surface area contributed by atoms with E-state index >= 15 is 0 Å². The summed E-state index contributed by atoms with van der Waals surface area (Å²) in [6.45, 7) is 4.03. The van der Waals surface area contributed by atoms with Gasteiger partial charge in [-0.1, -0.05) is 6.07 Å². The van der Waals surface area contributed by atoms with Crippen LogP contribution < -0.4 is 5.73 Å². The summed E-state index contributed by atoms with van der Waals surface area (Å²) in [4.78, 5) is 20.9. The first-order valence-electron chi connectivity index (χ1n) is 7.00. The van der Waals surface area contributed by atoms with Gasteiger partial charge in [0.2, 0.25) is 0 Å². The molecule has 3 heterocycles. The highest BCUT2D eigenvalue weighted by molar-refractivity contribution is 5.92. The lowest BCUT2D eigenvalue weighted by Gasteiger charge is -2.23. The van der Waals surface area contributed by atoms with E-state index in [2.05, 4.69) is 9.88 Å². The minimum atomic E-state index is 0. The summed E-state index contributed by atoms with van der Waals surface area (Å²) in [5, 5.41) is 0. The first-order valence-corrected chi connectivity index (χ1v) is 7.00. The predicted octanol–water partition coefficient (Wildman–Crippen LogP) is 1.82. The minimum absolute atomic E-state index is 0. The van der Waals surface area contributed by atoms with Crippen LogP contribution >= 0.6 is 24.8 Å². The third-order valence-electron chi connectivity index (χ3n) is 4.10. The summed E-state index contributed by atoms with van der Waals surface area (Å²) in [6.07, 6.45) is 3.66. The highest BCUT2D eigenvalue weighted by Crippen LogP contribution is 2.21. The molecule has 7 heteroatoms. The zero-order valence-corrected chi connectivity index (χ0v) is 13.5. The Morgan fingerprint density at radius 3 is 2.57 bits per heavy atom. The SMILES string of the molecule is Cl.Cl.Nc1cccc(C(=O)N2CCC(N3CCCC3)C2)n1. The van der Waals surface area contributed by atoms with E-state index < -0.39 is 0 Å². The molecule has 0 radical (unpaired) electrons. The van der Waals surface area contributed by atoms with Crippen LogP contribution in [0.25, 0.3) is 0 Å². The number of rotatable bonds is 2. The maximum absolute atomic E-state index is 12.3. The molecule has 0 aliphatic carbocycles. The summed E-state index contributed by atoms with van der Waals surface area (Å²) in [6, 6.07) is 5.76. The first kappa shape index (κ1) is 18.0. The molecule has 1 aromatic rings. The molecule has 21 heavy (non-hydrogen) atoms. The third kappa shape index (κ3) is 3.99. The van der Waals surface area contributed by atoms with Gasteiger partial charge in [-0.25, -0.2) is 4.98 Å². The van der Waals surface area contributed by atoms with Gasteiger partial charge in [-0.15, -0.1) is 24.8 Å². The second kappa shape index (κ2) is 7.82. The number of aromatic nitrogens is 1. The van der Waals surface area contributed by atoms with E-state index in [1.54, 1.807) is 18.2 Å². The molecule has 1 aromatic heterocycles. The van der Waals surface area contributed by atoms with Crippen molar-refractivity contribution in [1.82, 2.24) is 14.8 Å². The molecule has 2 N–H and O–H groups in total. The van der Waals surface area contributed by atoms with Crippen molar-refractivity contribution in [3.8, 4) is 0 Å². The molecule has 1 atom stereocenters. The topological polar surface area (TPSA) is 62.5 Å². The Kier molecular flexibility index (Phi) is 6.71. The van der Waals surface area contributed by atoms with Gasteiger partial charge in [0.15, 0.2) is 0 Å². The number of pyridine rings is 1. The van der Waals surface area contributed by atoms with Crippen LogP contribution in [0.3, 0.4) is 0 Å². The van der Waals surface area contributed by atoms with E-state index in [1.165, 1.54) is 25.9 Å². The second-order valence-corrected chi connectivity index (χ2v) is 5.38. The highest BCUT2D eigenvalue weighted by Gasteiger charge is 2.32. The molecule has 2 saturated heterocycles. The Labute approximate surface area is 137 Å². The van der Waals surface area contributed by atoms with Crippen molar-refractivity contribution in [2.24, 2.45) is 0 Å². The highest BCUT2D eigenvalue weighted by atomic mass is 35.5. The van der Waals surface area contributed by atoms with Gasteiger partial charge in [0.05, 0.1) is 0 Å². The number of hydrogen-bond donors (Lipinski definition) is 1. The Morgan fingerprint density at radius 1 is 1.19 bits per heavy atom. The predicted molar refractivity (Wildman–Crippen MR) is 88.3 cm³/mol. The van der Waals surface area contributed by atoms with E-state index in [9.17, 15) is 4.79 Å². The van der Waals surface area contributed by atoms with Crippen molar-refractivity contribution in [2.75, 3.05) is 31.9 Å². The van der Waals surface area contributed by atoms with Crippen LogP contribution in [-0.4, -0.2) is 52.9 Å². The fraction of sp³-hybridized carbons (Fsp3) is 0.571. The number of nitrogens with zero attached hydrogens (tertiary/aromatic N) is 3. The standard InChI is InChI=1S/C14H20N4O.2ClH/c15-13-5-3-4-12(16-13)14(19)18-9-6-11(10-18)17-7-1-2-8-17;;/h3-5,11H,1-2,6-10H2,(H2,15,16);2*1H. The van der Waals surface area contributed by atoms with Crippen molar-refractivity contribution in [3.63, 3.8) is 0 Å². The summed E-state index contributed by atoms with van der Waals surface area (Å²) in [7, 11) is 0. The summed E-state index contributed by atoms with van der Waals surface area (Å²) in [5.41, 5.74) is 6.09. The summed E-state index contributed by atoms with van der Waals surface area (Å²) >= 11 is 0. The van der Waals surface area contributed by atoms with Crippen molar-refractivity contribution in [3.05, 3.63) is 23.9 Å². The fourth-order valence-corrected chi connectivity index (χ4v) is 3.06. The van der Waals surface area contributed by atoms with Gasteiger partial charge in [-0.3, -0.25) is 9.69 Å². The Morgan fingerprint density at radius 2 is 1.90 bits per heavy atom. The zero-order valence-electron chi connectivity index (χ0n) is 11.9. The van der Waals surface area contributed by atoms with Crippen LogP contribution in [0.15, 0.2) is 18.2 Å². The molecular formula is C14H22Cl2N4O. The monoisotopic (exact) mass is 332 g/mol. The number of nitrogen functional groups attached to an aromatic ring is 1. The third-order valence-corrected chi connectivity index (χ3v) is 4.10. The zero-order chi connectivity index (χ0) is 13.2. The maximum atomic E-state index is 12.3. The van der Waals surface area contributed by atoms with Gasteiger partial charge >= 0.3 is 0 Å². The Bertz CT molecular complexity index is 480. The second-order valence-electron chi connectivity index (χ2n) is 5.38. The molecular weight excluding hydrogens is 311 g/mol. The lowest BCUT2D eigenvalue weighted by atomic mass is 10.2. The van der Waals surface area contributed by atoms with E-state index in [1.807, 2.05) is 4.90 Å². The average Bonchev–Trinajstić information content (AvgIpc) is 3.08. The van der Waals surface area contributed by atoms with Crippen LogP contribution in [-0.2, 0) is 0 Å². The van der Waals surface area contributed by atoms with Gasteiger partial charge in [-0.2, -0.15) is 0 Å². The quantitative estimate of drug-likeness (QED) is 0.897. The number of carbonyl (C=O) groups excluding carboxylic acids is 1. The molecule has 2 aliphatic rings. The van der Waals surface area contributed by atoms with Crippen molar-refractivity contribution < 1.29 is 4.79 Å². The molecule has 0 bridgehead atoms. The van der Waals surface area contributed by atoms with Gasteiger partial charge in [0.1, 0.15) is 11.5 Å². The number of nitrogens with two attached hydrogens (primary N) is 1. The molecule has 1 unspecified atom stereocenters. The summed E-state index contributed by atoms with van der Waals surface area (Å²) in [5.74, 6) is 0.412. The van der Waals surface area contributed by atoms with Crippen LogP contribution in [0, 0.1) is 0 Å². The summed E-state index contributed by atoms with van der Waals surface area (Å²) < 4.78 is 0. The van der Waals surface area contributed by atoms with Gasteiger partial charge in [0.25, 0.3) is 5.91 Å². The molecule has 118 valence electrons. The largest absolute Gasteiger partial charge is 0.384 e. The average molecular weight is 333 g/mol. The maximum Gasteiger partial charge on any atom is 0.272 e. The van der Waals surface area contributed by atoms with Gasteiger partial charge in [-0.05, 0) is 44.5 Å². The van der Waals surface area contributed by atoms with Crippen LogP contribution in [0.4, 0.5) is 5.82 Å². The van der Waals surface area contributed by atoms with Crippen molar-refractivity contribution in [1.29, 1.82) is 0 Å². The lowest BCUT2D eigenvalue weighted by molar-refractivity contribution is 0.0774. The molecule has 3 rings (SSSR count). The molecule has 2 fully saturated rings. The van der Waals surface area contributed by atoms with E-state index in [0.717, 1.165) is 19.5 Å². The van der Waals surface area contributed by atoms with E-state index in [-0.39, 0.29) is 30.7 Å². The number of carbonyl (C=O) groups is 1. The smallest absolute Gasteiger partial charge is 0.272 e. The van der Waals surface area contributed by atoms with Gasteiger partial charge < -0.3 is 10.6 Å².